The van der Waals surface area contributed by atoms with Gasteiger partial charge in [0.1, 0.15) is 11.4 Å². The van der Waals surface area contributed by atoms with Crippen LogP contribution >= 0.6 is 0 Å². The van der Waals surface area contributed by atoms with Crippen molar-refractivity contribution >= 4 is 17.5 Å². The second kappa shape index (κ2) is 11.5. The summed E-state index contributed by atoms with van der Waals surface area (Å²) in [6, 6.07) is 17.4. The first-order chi connectivity index (χ1) is 17.7. The number of likely N-dealkylation sites (tertiary alicyclic amines) is 1. The van der Waals surface area contributed by atoms with E-state index in [9.17, 15) is 22.8 Å². The number of carbonyl (C=O) groups is 2. The number of hydrogen-bond donors (Lipinski definition) is 1. The third-order valence-corrected chi connectivity index (χ3v) is 6.56. The zero-order valence-corrected chi connectivity index (χ0v) is 20.4. The Kier molecular flexibility index (Phi) is 8.11. The molecule has 1 N–H and O–H groups in total. The maximum atomic E-state index is 12.9. The zero-order valence-electron chi connectivity index (χ0n) is 20.4. The highest BCUT2D eigenvalue weighted by atomic mass is 19.4. The molecule has 37 heavy (non-hydrogen) atoms. The van der Waals surface area contributed by atoms with Gasteiger partial charge in [-0.15, -0.1) is 0 Å². The van der Waals surface area contributed by atoms with E-state index in [1.165, 1.54) is 6.07 Å². The van der Waals surface area contributed by atoms with Gasteiger partial charge in [0.2, 0.25) is 5.91 Å². The van der Waals surface area contributed by atoms with Gasteiger partial charge in [-0.25, -0.2) is 0 Å². The number of nitrogens with one attached hydrogen (secondary N) is 1. The number of aryl methyl sites for hydroxylation is 1. The Bertz CT molecular complexity index is 1240. The average Bonchev–Trinajstić information content (AvgIpc) is 2.92. The molecule has 3 aromatic rings. The Morgan fingerprint density at radius 2 is 1.76 bits per heavy atom. The minimum Gasteiger partial charge on any atom is -0.496 e. The van der Waals surface area contributed by atoms with Crippen LogP contribution in [0.15, 0.2) is 66.9 Å². The molecule has 0 bridgehead atoms. The number of methoxy groups -OCH3 is 1. The number of piperidine rings is 1. The fourth-order valence-electron chi connectivity index (χ4n) is 4.54. The molecule has 1 aliphatic heterocycles. The molecule has 1 aromatic heterocycles. The predicted molar refractivity (Wildman–Crippen MR) is 134 cm³/mol. The summed E-state index contributed by atoms with van der Waals surface area (Å²) in [5, 5.41) is 2.92. The number of hydrogen-bond acceptors (Lipinski definition) is 4. The summed E-state index contributed by atoms with van der Waals surface area (Å²) in [5.41, 5.74) is 1.71. The number of anilines is 1. The summed E-state index contributed by atoms with van der Waals surface area (Å²) in [4.78, 5) is 30.0. The molecule has 2 amide bonds. The molecule has 0 aliphatic carbocycles. The normalized spacial score (nSPS) is 14.3. The number of aromatic nitrogens is 1. The van der Waals surface area contributed by atoms with E-state index >= 15 is 0 Å². The number of rotatable bonds is 7. The summed E-state index contributed by atoms with van der Waals surface area (Å²) in [7, 11) is 1.61. The number of benzene rings is 2. The van der Waals surface area contributed by atoms with Gasteiger partial charge in [0.15, 0.2) is 0 Å². The molecule has 4 rings (SSSR count). The van der Waals surface area contributed by atoms with E-state index in [4.69, 9.17) is 4.74 Å². The molecule has 6 nitrogen and oxygen atoms in total. The predicted octanol–water partition coefficient (Wildman–Crippen LogP) is 5.70. The van der Waals surface area contributed by atoms with Gasteiger partial charge in [-0.2, -0.15) is 13.2 Å². The van der Waals surface area contributed by atoms with E-state index in [2.05, 4.69) is 10.3 Å². The van der Waals surface area contributed by atoms with Crippen molar-refractivity contribution < 1.29 is 27.5 Å². The quantitative estimate of drug-likeness (QED) is 0.442. The van der Waals surface area contributed by atoms with Crippen LogP contribution in [0.2, 0.25) is 0 Å². The van der Waals surface area contributed by atoms with Gasteiger partial charge >= 0.3 is 6.18 Å². The van der Waals surface area contributed by atoms with Gasteiger partial charge < -0.3 is 15.0 Å². The highest BCUT2D eigenvalue weighted by Gasteiger charge is 2.33. The van der Waals surface area contributed by atoms with E-state index in [-0.39, 0.29) is 17.4 Å². The highest BCUT2D eigenvalue weighted by molar-refractivity contribution is 5.94. The van der Waals surface area contributed by atoms with E-state index in [1.54, 1.807) is 12.0 Å². The van der Waals surface area contributed by atoms with Crippen LogP contribution in [0, 0.1) is 0 Å². The van der Waals surface area contributed by atoms with Gasteiger partial charge in [-0.05, 0) is 66.6 Å². The Labute approximate surface area is 213 Å². The Morgan fingerprint density at radius 3 is 2.43 bits per heavy atom. The smallest absolute Gasteiger partial charge is 0.433 e. The summed E-state index contributed by atoms with van der Waals surface area (Å²) in [6.07, 6.45) is -1.27. The molecular formula is C28H28F3N3O3. The molecule has 2 heterocycles. The molecule has 1 saturated heterocycles. The first kappa shape index (κ1) is 26.2. The van der Waals surface area contributed by atoms with Crippen molar-refractivity contribution in [3.8, 4) is 5.75 Å². The number of amides is 2. The Balaban J connectivity index is 1.28. The third-order valence-electron chi connectivity index (χ3n) is 6.56. The lowest BCUT2D eigenvalue weighted by molar-refractivity contribution is -0.141. The Hall–Kier alpha value is -3.88. The molecular weight excluding hydrogens is 483 g/mol. The van der Waals surface area contributed by atoms with Crippen LogP contribution in [0.25, 0.3) is 0 Å². The minimum atomic E-state index is -4.59. The fourth-order valence-corrected chi connectivity index (χ4v) is 4.54. The second-order valence-corrected chi connectivity index (χ2v) is 8.98. The fraction of sp³-hybridized carbons (Fsp3) is 0.321. The molecule has 1 aliphatic rings. The van der Waals surface area contributed by atoms with Crippen LogP contribution in [-0.4, -0.2) is 41.9 Å². The van der Waals surface area contributed by atoms with Gasteiger partial charge in [-0.1, -0.05) is 30.3 Å². The first-order valence-corrected chi connectivity index (χ1v) is 12.1. The van der Waals surface area contributed by atoms with Gasteiger partial charge in [0, 0.05) is 37.0 Å². The summed E-state index contributed by atoms with van der Waals surface area (Å²) in [6.45, 7) is 0.906. The highest BCUT2D eigenvalue weighted by Crippen LogP contribution is 2.31. The van der Waals surface area contributed by atoms with Crippen molar-refractivity contribution in [1.82, 2.24) is 9.88 Å². The van der Waals surface area contributed by atoms with Crippen molar-refractivity contribution in [2.45, 2.75) is 37.8 Å². The van der Waals surface area contributed by atoms with Crippen LogP contribution in [0.1, 0.15) is 52.4 Å². The van der Waals surface area contributed by atoms with Crippen molar-refractivity contribution in [2.75, 3.05) is 25.5 Å². The number of para-hydroxylation sites is 1. The number of alkyl halides is 3. The number of ether oxygens (including phenoxy) is 1. The van der Waals surface area contributed by atoms with Gasteiger partial charge in [0.25, 0.3) is 5.91 Å². The lowest BCUT2D eigenvalue weighted by atomic mass is 9.89. The number of halogens is 3. The second-order valence-electron chi connectivity index (χ2n) is 8.98. The summed E-state index contributed by atoms with van der Waals surface area (Å²) in [5.74, 6) is 0.481. The molecule has 194 valence electrons. The standard InChI is InChI=1S/C28H28F3N3O3/c1-37-24-5-3-2-4-21(24)8-11-26(35)33-23-9-6-19(7-10-23)20-13-16-34(17-14-20)27(36)22-12-15-32-25(18-22)28(29,30)31/h2-7,9-10,12,15,18,20H,8,11,13-14,16-17H2,1H3,(H,33,35). The molecule has 0 spiro atoms. The van der Waals surface area contributed by atoms with Crippen molar-refractivity contribution in [3.05, 3.63) is 89.2 Å². The zero-order chi connectivity index (χ0) is 26.4. The van der Waals surface area contributed by atoms with Crippen molar-refractivity contribution in [2.24, 2.45) is 0 Å². The van der Waals surface area contributed by atoms with E-state index in [0.29, 0.717) is 44.5 Å². The maximum Gasteiger partial charge on any atom is 0.433 e. The topological polar surface area (TPSA) is 71.5 Å². The van der Waals surface area contributed by atoms with Crippen LogP contribution < -0.4 is 10.1 Å². The summed E-state index contributed by atoms with van der Waals surface area (Å²) < 4.78 is 44.1. The molecule has 0 radical (unpaired) electrons. The molecule has 9 heteroatoms. The van der Waals surface area contributed by atoms with Gasteiger partial charge in [0.05, 0.1) is 7.11 Å². The van der Waals surface area contributed by atoms with E-state index in [1.807, 2.05) is 48.5 Å². The van der Waals surface area contributed by atoms with Gasteiger partial charge in [-0.3, -0.25) is 14.6 Å². The lowest BCUT2D eigenvalue weighted by Crippen LogP contribution is -2.38. The molecule has 2 aromatic carbocycles. The molecule has 0 saturated carbocycles. The monoisotopic (exact) mass is 511 g/mol. The van der Waals surface area contributed by atoms with Crippen LogP contribution in [-0.2, 0) is 17.4 Å². The van der Waals surface area contributed by atoms with Crippen LogP contribution in [0.4, 0.5) is 18.9 Å². The lowest BCUT2D eigenvalue weighted by Gasteiger charge is -2.32. The summed E-state index contributed by atoms with van der Waals surface area (Å²) >= 11 is 0. The first-order valence-electron chi connectivity index (χ1n) is 12.1. The van der Waals surface area contributed by atoms with Crippen LogP contribution in [0.5, 0.6) is 5.75 Å². The van der Waals surface area contributed by atoms with Crippen molar-refractivity contribution in [3.63, 3.8) is 0 Å². The SMILES string of the molecule is COc1ccccc1CCC(=O)Nc1ccc(C2CCN(C(=O)c3ccnc(C(F)(F)F)c3)CC2)cc1. The molecule has 0 unspecified atom stereocenters. The van der Waals surface area contributed by atoms with Crippen LogP contribution in [0.3, 0.4) is 0 Å². The maximum absolute atomic E-state index is 12.9. The number of pyridine rings is 1. The largest absolute Gasteiger partial charge is 0.496 e. The Morgan fingerprint density at radius 1 is 1.05 bits per heavy atom. The molecule has 0 atom stereocenters. The van der Waals surface area contributed by atoms with E-state index in [0.717, 1.165) is 29.1 Å². The third kappa shape index (κ3) is 6.67. The minimum absolute atomic E-state index is 0.00780. The number of carbonyl (C=O) groups excluding carboxylic acids is 2. The number of nitrogens with zero attached hydrogens (tertiary/aromatic N) is 2. The molecule has 1 fully saturated rings. The average molecular weight is 512 g/mol. The van der Waals surface area contributed by atoms with Crippen molar-refractivity contribution in [1.29, 1.82) is 0 Å². The van der Waals surface area contributed by atoms with E-state index < -0.39 is 17.8 Å².